The van der Waals surface area contributed by atoms with Crippen molar-refractivity contribution in [1.29, 1.82) is 0 Å². The lowest BCUT2D eigenvalue weighted by atomic mass is 10.2. The van der Waals surface area contributed by atoms with Crippen molar-refractivity contribution in [2.24, 2.45) is 0 Å². The zero-order valence-electron chi connectivity index (χ0n) is 15.5. The van der Waals surface area contributed by atoms with E-state index in [1.807, 2.05) is 23.1 Å². The third kappa shape index (κ3) is 6.31. The first-order chi connectivity index (χ1) is 13.2. The van der Waals surface area contributed by atoms with Gasteiger partial charge in [0.15, 0.2) is 0 Å². The lowest BCUT2D eigenvalue weighted by molar-refractivity contribution is -0.131. The molecule has 3 rings (SSSR count). The van der Waals surface area contributed by atoms with Crippen molar-refractivity contribution >= 4 is 12.0 Å². The minimum absolute atomic E-state index is 0.122. The van der Waals surface area contributed by atoms with Crippen molar-refractivity contribution in [2.75, 3.05) is 39.3 Å². The minimum atomic E-state index is -0.244. The Balaban J connectivity index is 1.34. The topological polar surface area (TPSA) is 35.6 Å². The predicted molar refractivity (Wildman–Crippen MR) is 107 cm³/mol. The average molecular weight is 367 g/mol. The summed E-state index contributed by atoms with van der Waals surface area (Å²) >= 11 is 0. The van der Waals surface area contributed by atoms with Crippen molar-refractivity contribution in [3.63, 3.8) is 0 Å². The highest BCUT2D eigenvalue weighted by molar-refractivity contribution is 5.78. The van der Waals surface area contributed by atoms with Gasteiger partial charge < -0.3 is 10.2 Å². The molecule has 1 N–H and O–H groups in total. The summed E-state index contributed by atoms with van der Waals surface area (Å²) in [5, 5.41) is 3.14. The van der Waals surface area contributed by atoms with E-state index in [2.05, 4.69) is 34.5 Å². The molecule has 0 saturated carbocycles. The SMILES string of the molecule is O=C(CNCc1ccc(F)cc1)N1CCN(C/C=C/c2ccccc2)CC1. The first kappa shape index (κ1) is 19.3. The molecule has 0 spiro atoms. The Morgan fingerprint density at radius 3 is 2.41 bits per heavy atom. The van der Waals surface area contributed by atoms with E-state index < -0.39 is 0 Å². The van der Waals surface area contributed by atoms with Gasteiger partial charge in [-0.05, 0) is 23.3 Å². The molecular weight excluding hydrogens is 341 g/mol. The second-order valence-corrected chi connectivity index (χ2v) is 6.72. The number of benzene rings is 2. The second-order valence-electron chi connectivity index (χ2n) is 6.72. The second kappa shape index (κ2) is 10.00. The van der Waals surface area contributed by atoms with Gasteiger partial charge in [-0.2, -0.15) is 0 Å². The zero-order chi connectivity index (χ0) is 18.9. The molecule has 1 fully saturated rings. The number of nitrogens with zero attached hydrogens (tertiary/aromatic N) is 2. The number of carbonyl (C=O) groups excluding carboxylic acids is 1. The highest BCUT2D eigenvalue weighted by Gasteiger charge is 2.19. The van der Waals surface area contributed by atoms with E-state index in [4.69, 9.17) is 0 Å². The molecule has 0 bridgehead atoms. The molecule has 142 valence electrons. The molecule has 0 aromatic heterocycles. The summed E-state index contributed by atoms with van der Waals surface area (Å²) in [6.45, 7) is 5.08. The summed E-state index contributed by atoms with van der Waals surface area (Å²) in [5.74, 6) is -0.122. The van der Waals surface area contributed by atoms with Crippen molar-refractivity contribution in [3.8, 4) is 0 Å². The summed E-state index contributed by atoms with van der Waals surface area (Å²) < 4.78 is 12.9. The summed E-state index contributed by atoms with van der Waals surface area (Å²) in [7, 11) is 0. The molecule has 0 aliphatic carbocycles. The molecule has 0 atom stereocenters. The van der Waals surface area contributed by atoms with Crippen LogP contribution in [0.1, 0.15) is 11.1 Å². The highest BCUT2D eigenvalue weighted by Crippen LogP contribution is 2.05. The lowest BCUT2D eigenvalue weighted by Gasteiger charge is -2.34. The van der Waals surface area contributed by atoms with Gasteiger partial charge in [0.05, 0.1) is 6.54 Å². The maximum atomic E-state index is 12.9. The number of carbonyl (C=O) groups is 1. The van der Waals surface area contributed by atoms with E-state index in [-0.39, 0.29) is 11.7 Å². The van der Waals surface area contributed by atoms with Crippen LogP contribution < -0.4 is 5.32 Å². The van der Waals surface area contributed by atoms with Gasteiger partial charge in [-0.1, -0.05) is 54.6 Å². The van der Waals surface area contributed by atoms with Crippen molar-refractivity contribution in [1.82, 2.24) is 15.1 Å². The van der Waals surface area contributed by atoms with Gasteiger partial charge in [0, 0.05) is 39.3 Å². The highest BCUT2D eigenvalue weighted by atomic mass is 19.1. The largest absolute Gasteiger partial charge is 0.339 e. The molecule has 5 heteroatoms. The molecule has 2 aromatic carbocycles. The summed E-state index contributed by atoms with van der Waals surface area (Å²) in [5.41, 5.74) is 2.18. The van der Waals surface area contributed by atoms with Crippen LogP contribution in [0.5, 0.6) is 0 Å². The van der Waals surface area contributed by atoms with Gasteiger partial charge in [0.1, 0.15) is 5.82 Å². The van der Waals surface area contributed by atoms with Crippen LogP contribution >= 0.6 is 0 Å². The van der Waals surface area contributed by atoms with Crippen LogP contribution in [-0.2, 0) is 11.3 Å². The Bertz CT molecular complexity index is 738. The van der Waals surface area contributed by atoms with Gasteiger partial charge in [-0.25, -0.2) is 4.39 Å². The monoisotopic (exact) mass is 367 g/mol. The molecular formula is C22H26FN3O. The summed E-state index contributed by atoms with van der Waals surface area (Å²) in [6.07, 6.45) is 4.31. The third-order valence-electron chi connectivity index (χ3n) is 4.72. The molecule has 1 aliphatic rings. The van der Waals surface area contributed by atoms with Crippen LogP contribution in [0.4, 0.5) is 4.39 Å². The maximum Gasteiger partial charge on any atom is 0.236 e. The Morgan fingerprint density at radius 2 is 1.70 bits per heavy atom. The Kier molecular flexibility index (Phi) is 7.13. The van der Waals surface area contributed by atoms with E-state index in [0.717, 1.165) is 38.3 Å². The van der Waals surface area contributed by atoms with E-state index in [9.17, 15) is 9.18 Å². The Morgan fingerprint density at radius 1 is 1.00 bits per heavy atom. The van der Waals surface area contributed by atoms with Crippen LogP contribution in [0.2, 0.25) is 0 Å². The minimum Gasteiger partial charge on any atom is -0.339 e. The fraction of sp³-hybridized carbons (Fsp3) is 0.318. The van der Waals surface area contributed by atoms with Gasteiger partial charge >= 0.3 is 0 Å². The number of rotatable bonds is 7. The van der Waals surface area contributed by atoms with Gasteiger partial charge in [-0.3, -0.25) is 9.69 Å². The number of halogens is 1. The molecule has 0 unspecified atom stereocenters. The Hall–Kier alpha value is -2.50. The number of hydrogen-bond acceptors (Lipinski definition) is 3. The third-order valence-corrected chi connectivity index (χ3v) is 4.72. The van der Waals surface area contributed by atoms with Crippen LogP contribution in [0, 0.1) is 5.82 Å². The van der Waals surface area contributed by atoms with E-state index in [0.29, 0.717) is 13.1 Å². The van der Waals surface area contributed by atoms with Crippen molar-refractivity contribution < 1.29 is 9.18 Å². The van der Waals surface area contributed by atoms with Gasteiger partial charge in [0.2, 0.25) is 5.91 Å². The first-order valence-electron chi connectivity index (χ1n) is 9.37. The van der Waals surface area contributed by atoms with Crippen molar-refractivity contribution in [2.45, 2.75) is 6.54 Å². The summed E-state index contributed by atoms with van der Waals surface area (Å²) in [4.78, 5) is 16.6. The van der Waals surface area contributed by atoms with Crippen LogP contribution in [0.15, 0.2) is 60.7 Å². The van der Waals surface area contributed by atoms with E-state index in [1.165, 1.54) is 17.7 Å². The Labute approximate surface area is 160 Å². The molecule has 27 heavy (non-hydrogen) atoms. The molecule has 2 aromatic rings. The quantitative estimate of drug-likeness (QED) is 0.817. The van der Waals surface area contributed by atoms with Crippen molar-refractivity contribution in [3.05, 3.63) is 77.6 Å². The number of amides is 1. The van der Waals surface area contributed by atoms with Gasteiger partial charge in [0.25, 0.3) is 0 Å². The first-order valence-corrected chi connectivity index (χ1v) is 9.37. The number of nitrogens with one attached hydrogen (secondary N) is 1. The molecule has 1 saturated heterocycles. The molecule has 1 aliphatic heterocycles. The van der Waals surface area contributed by atoms with Crippen LogP contribution in [0.25, 0.3) is 6.08 Å². The number of piperazine rings is 1. The van der Waals surface area contributed by atoms with E-state index >= 15 is 0 Å². The maximum absolute atomic E-state index is 12.9. The van der Waals surface area contributed by atoms with Gasteiger partial charge in [-0.15, -0.1) is 0 Å². The zero-order valence-corrected chi connectivity index (χ0v) is 15.5. The fourth-order valence-corrected chi connectivity index (χ4v) is 3.11. The molecule has 0 radical (unpaired) electrons. The van der Waals surface area contributed by atoms with Crippen LogP contribution in [0.3, 0.4) is 0 Å². The smallest absolute Gasteiger partial charge is 0.236 e. The standard InChI is InChI=1S/C22H26FN3O/c23-21-10-8-20(9-11-21)17-24-18-22(27)26-15-13-25(14-16-26)12-4-7-19-5-2-1-3-6-19/h1-11,24H,12-18H2/b7-4+. The number of hydrogen-bond donors (Lipinski definition) is 1. The molecule has 1 amide bonds. The average Bonchev–Trinajstić information content (AvgIpc) is 2.71. The molecule has 4 nitrogen and oxygen atoms in total. The normalized spacial score (nSPS) is 15.4. The van der Waals surface area contributed by atoms with E-state index in [1.54, 1.807) is 12.1 Å². The fourth-order valence-electron chi connectivity index (χ4n) is 3.11. The van der Waals surface area contributed by atoms with Crippen LogP contribution in [-0.4, -0.2) is 55.0 Å². The molecule has 1 heterocycles. The lowest BCUT2D eigenvalue weighted by Crippen LogP contribution is -2.50. The summed E-state index contributed by atoms with van der Waals surface area (Å²) in [6, 6.07) is 16.6. The predicted octanol–water partition coefficient (Wildman–Crippen LogP) is 2.77.